The first-order valence-electron chi connectivity index (χ1n) is 26.6. The number of amides is 3. The Kier molecular flexibility index (Phi) is 24.8. The number of esters is 2. The zero-order chi connectivity index (χ0) is 55.0. The fourth-order valence-corrected chi connectivity index (χ4v) is 8.86. The van der Waals surface area contributed by atoms with Crippen molar-refractivity contribution in [3.05, 3.63) is 119 Å². The molecule has 75 heavy (non-hydrogen) atoms. The van der Waals surface area contributed by atoms with Crippen molar-refractivity contribution in [1.82, 2.24) is 16.0 Å². The number of aliphatic carboxylic acids is 1. The first kappa shape index (κ1) is 60.8. The molecule has 4 aromatic rings. The zero-order valence-corrected chi connectivity index (χ0v) is 45.5. The molecule has 6 N–H and O–H groups in total. The number of alkyl carbamates (subject to hydrolysis) is 2. The standard InChI is InChI=1S/C30H40N2O5.C24H27NO6.C6H15N/c1-5-6-7-12-19-31-28(34)26(17-18-27(33)37-30(2,3)4)32-29(35)36-20-25-23-15-10-8-13-21(23)22-14-9-11-16-24(22)25;1-24(2,3)31-21(26)13-12-20(22(27)28)25-23(29)30-14-19-17-10-6-4-8-15(17)16-9-5-7-11-18(16)19;1-2-3-4-5-6-7/h8-11,13-16,25-26H,5-7,12,17-20H2,1-4H3,(H,31,34)(H,32,35);4-11,19-20H,12-14H2,1-3H3,(H,25,29)(H,27,28);2-7H2,1H3/t26-;20-;/m00./s1. The quantitative estimate of drug-likeness (QED) is 0.0266. The minimum Gasteiger partial charge on any atom is -0.480 e. The molecule has 2 aliphatic rings. The summed E-state index contributed by atoms with van der Waals surface area (Å²) in [5, 5.41) is 17.3. The molecule has 4 aromatic carbocycles. The second-order valence-electron chi connectivity index (χ2n) is 20.8. The van der Waals surface area contributed by atoms with Gasteiger partial charge in [0.25, 0.3) is 0 Å². The van der Waals surface area contributed by atoms with E-state index in [4.69, 9.17) is 24.7 Å². The van der Waals surface area contributed by atoms with Crippen LogP contribution in [-0.4, -0.2) is 90.7 Å². The molecule has 0 bridgehead atoms. The Balaban J connectivity index is 0.000000291. The molecule has 0 fully saturated rings. The number of nitrogens with one attached hydrogen (secondary N) is 3. The molecule has 15 heteroatoms. The molecule has 0 unspecified atom stereocenters. The van der Waals surface area contributed by atoms with E-state index >= 15 is 0 Å². The van der Waals surface area contributed by atoms with Crippen molar-refractivity contribution >= 4 is 36.0 Å². The van der Waals surface area contributed by atoms with E-state index in [0.29, 0.717) is 6.54 Å². The third-order valence-electron chi connectivity index (χ3n) is 12.4. The van der Waals surface area contributed by atoms with Gasteiger partial charge in [0.05, 0.1) is 0 Å². The Morgan fingerprint density at radius 2 is 0.893 bits per heavy atom. The number of rotatable bonds is 23. The van der Waals surface area contributed by atoms with Gasteiger partial charge in [0, 0.05) is 31.2 Å². The number of fused-ring (bicyclic) bond motifs is 6. The normalized spacial score (nSPS) is 13.1. The van der Waals surface area contributed by atoms with Crippen LogP contribution in [0.1, 0.15) is 167 Å². The fraction of sp³-hybridized carbons (Fsp3) is 0.500. The van der Waals surface area contributed by atoms with Crippen molar-refractivity contribution in [2.24, 2.45) is 5.73 Å². The van der Waals surface area contributed by atoms with Gasteiger partial charge in [-0.25, -0.2) is 14.4 Å². The number of ether oxygens (including phenoxy) is 4. The highest BCUT2D eigenvalue weighted by Gasteiger charge is 2.32. The number of hydrogen-bond donors (Lipinski definition) is 5. The van der Waals surface area contributed by atoms with E-state index in [-0.39, 0.29) is 56.6 Å². The first-order valence-corrected chi connectivity index (χ1v) is 26.6. The average Bonchev–Trinajstić information content (AvgIpc) is 3.86. The van der Waals surface area contributed by atoms with Gasteiger partial charge in [-0.2, -0.15) is 0 Å². The minimum absolute atomic E-state index is 0.00878. The summed E-state index contributed by atoms with van der Waals surface area (Å²) in [5.41, 5.74) is 12.9. The summed E-state index contributed by atoms with van der Waals surface area (Å²) in [4.78, 5) is 73.5. The molecule has 408 valence electrons. The van der Waals surface area contributed by atoms with E-state index in [0.717, 1.165) is 76.7 Å². The molecule has 2 atom stereocenters. The molecular weight excluding hydrogens is 953 g/mol. The highest BCUT2D eigenvalue weighted by Crippen LogP contribution is 2.45. The number of carbonyl (C=O) groups excluding carboxylic acids is 5. The number of benzene rings is 4. The van der Waals surface area contributed by atoms with Crippen LogP contribution >= 0.6 is 0 Å². The number of nitrogens with two attached hydrogens (primary N) is 1. The van der Waals surface area contributed by atoms with Crippen LogP contribution in [0.15, 0.2) is 97.1 Å². The second-order valence-corrected chi connectivity index (χ2v) is 20.8. The average molecular weight is 1040 g/mol. The van der Waals surface area contributed by atoms with Gasteiger partial charge in [0.15, 0.2) is 0 Å². The molecular formula is C60H82N4O11. The molecule has 0 spiro atoms. The molecule has 0 saturated heterocycles. The van der Waals surface area contributed by atoms with Gasteiger partial charge in [-0.1, -0.05) is 149 Å². The molecule has 15 nitrogen and oxygen atoms in total. The third-order valence-corrected chi connectivity index (χ3v) is 12.4. The van der Waals surface area contributed by atoms with Gasteiger partial charge >= 0.3 is 30.1 Å². The number of carbonyl (C=O) groups is 6. The zero-order valence-electron chi connectivity index (χ0n) is 45.5. The lowest BCUT2D eigenvalue weighted by Gasteiger charge is -2.22. The maximum absolute atomic E-state index is 12.9. The Morgan fingerprint density at radius 1 is 0.533 bits per heavy atom. The summed E-state index contributed by atoms with van der Waals surface area (Å²) in [7, 11) is 0. The Bertz CT molecular complexity index is 2380. The largest absolute Gasteiger partial charge is 0.480 e. The topological polar surface area (TPSA) is 222 Å². The van der Waals surface area contributed by atoms with Crippen molar-refractivity contribution < 1.29 is 52.8 Å². The predicted octanol–water partition coefficient (Wildman–Crippen LogP) is 11.3. The van der Waals surface area contributed by atoms with Crippen LogP contribution in [0, 0.1) is 0 Å². The van der Waals surface area contributed by atoms with E-state index < -0.39 is 53.4 Å². The molecule has 3 amide bonds. The van der Waals surface area contributed by atoms with Gasteiger partial charge in [0.1, 0.15) is 36.5 Å². The van der Waals surface area contributed by atoms with Gasteiger partial charge in [-0.3, -0.25) is 14.4 Å². The van der Waals surface area contributed by atoms with Gasteiger partial charge in [0.2, 0.25) is 5.91 Å². The highest BCUT2D eigenvalue weighted by molar-refractivity contribution is 5.86. The third kappa shape index (κ3) is 20.5. The summed E-state index contributed by atoms with van der Waals surface area (Å²) in [5.74, 6) is -2.70. The smallest absolute Gasteiger partial charge is 0.407 e. The highest BCUT2D eigenvalue weighted by atomic mass is 16.6. The van der Waals surface area contributed by atoms with E-state index in [9.17, 15) is 33.9 Å². The summed E-state index contributed by atoms with van der Waals surface area (Å²) in [6.45, 7) is 16.5. The van der Waals surface area contributed by atoms with Crippen LogP contribution in [0.25, 0.3) is 22.3 Å². The number of hydrogen-bond acceptors (Lipinski definition) is 11. The number of carboxylic acids is 1. The molecule has 2 aliphatic carbocycles. The Morgan fingerprint density at radius 3 is 1.25 bits per heavy atom. The van der Waals surface area contributed by atoms with Gasteiger partial charge in [-0.05, 0) is 118 Å². The van der Waals surface area contributed by atoms with Crippen LogP contribution in [-0.2, 0) is 38.1 Å². The fourth-order valence-electron chi connectivity index (χ4n) is 8.86. The van der Waals surface area contributed by atoms with Crippen LogP contribution in [0.2, 0.25) is 0 Å². The van der Waals surface area contributed by atoms with Gasteiger partial charge in [-0.15, -0.1) is 0 Å². The van der Waals surface area contributed by atoms with E-state index in [1.54, 1.807) is 41.5 Å². The van der Waals surface area contributed by atoms with Crippen molar-refractivity contribution in [3.8, 4) is 22.3 Å². The summed E-state index contributed by atoms with van der Waals surface area (Å²) < 4.78 is 21.5. The predicted molar refractivity (Wildman–Crippen MR) is 292 cm³/mol. The maximum Gasteiger partial charge on any atom is 0.407 e. The molecule has 0 aliphatic heterocycles. The van der Waals surface area contributed by atoms with Crippen molar-refractivity contribution in [2.45, 2.75) is 168 Å². The summed E-state index contributed by atoms with van der Waals surface area (Å²) >= 11 is 0. The molecule has 0 saturated carbocycles. The molecule has 6 rings (SSSR count). The molecule has 0 radical (unpaired) electrons. The van der Waals surface area contributed by atoms with Crippen LogP contribution in [0.5, 0.6) is 0 Å². The minimum atomic E-state index is -1.25. The molecule has 0 aromatic heterocycles. The van der Waals surface area contributed by atoms with Crippen LogP contribution in [0.4, 0.5) is 9.59 Å². The van der Waals surface area contributed by atoms with Crippen LogP contribution in [0.3, 0.4) is 0 Å². The number of unbranched alkanes of at least 4 members (excludes halogenated alkanes) is 6. The SMILES string of the molecule is CC(C)(C)OC(=O)CC[C@H](NC(=O)OCC1c2ccccc2-c2ccccc21)C(=O)O.CCCCCCN.CCCCCCNC(=O)[C@H](CCC(=O)OC(C)(C)C)NC(=O)OCC1c2ccccc2-c2ccccc21. The molecule has 0 heterocycles. The van der Waals surface area contributed by atoms with Crippen molar-refractivity contribution in [2.75, 3.05) is 26.3 Å². The summed E-state index contributed by atoms with van der Waals surface area (Å²) in [6.07, 6.45) is 7.67. The van der Waals surface area contributed by atoms with Crippen molar-refractivity contribution in [1.29, 1.82) is 0 Å². The monoisotopic (exact) mass is 1030 g/mol. The van der Waals surface area contributed by atoms with Gasteiger partial charge < -0.3 is 45.7 Å². The lowest BCUT2D eigenvalue weighted by molar-refractivity contribution is -0.156. The number of carboxylic acid groups (broad SMARTS) is 1. The summed E-state index contributed by atoms with van der Waals surface area (Å²) in [6, 6.07) is 30.0. The lowest BCUT2D eigenvalue weighted by atomic mass is 9.98. The first-order chi connectivity index (χ1) is 35.8. The second kappa shape index (κ2) is 30.6. The lowest BCUT2D eigenvalue weighted by Crippen LogP contribution is -2.47. The van der Waals surface area contributed by atoms with E-state index in [1.165, 1.54) is 25.7 Å². The van der Waals surface area contributed by atoms with E-state index in [2.05, 4.69) is 54.1 Å². The van der Waals surface area contributed by atoms with Crippen LogP contribution < -0.4 is 21.7 Å². The van der Waals surface area contributed by atoms with Crippen molar-refractivity contribution in [3.63, 3.8) is 0 Å². The Labute approximate surface area is 444 Å². The maximum atomic E-state index is 12.9. The Hall–Kier alpha value is -6.74. The van der Waals surface area contributed by atoms with E-state index in [1.807, 2.05) is 72.8 Å².